The Morgan fingerprint density at radius 2 is 1.65 bits per heavy atom. The maximum atomic E-state index is 11.6. The van der Waals surface area contributed by atoms with Gasteiger partial charge in [0, 0.05) is 22.5 Å². The van der Waals surface area contributed by atoms with Crippen LogP contribution in [0.25, 0.3) is 11.1 Å². The van der Waals surface area contributed by atoms with E-state index in [0.29, 0.717) is 16.9 Å². The third-order valence-corrected chi connectivity index (χ3v) is 2.68. The second-order valence-corrected chi connectivity index (χ2v) is 3.95. The molecule has 0 spiro atoms. The van der Waals surface area contributed by atoms with E-state index < -0.39 is 0 Å². The summed E-state index contributed by atoms with van der Waals surface area (Å²) in [5.74, 6) is 0.00382. The summed E-state index contributed by atoms with van der Waals surface area (Å²) in [7, 11) is 0. The fourth-order valence-electron chi connectivity index (χ4n) is 1.84. The van der Waals surface area contributed by atoms with Gasteiger partial charge in [-0.3, -0.25) is 4.79 Å². The van der Waals surface area contributed by atoms with Crippen LogP contribution in [-0.2, 0) is 0 Å². The van der Waals surface area contributed by atoms with E-state index in [9.17, 15) is 4.79 Å². The van der Waals surface area contributed by atoms with Gasteiger partial charge in [-0.25, -0.2) is 0 Å². The zero-order chi connectivity index (χ0) is 12.4. The number of anilines is 2. The minimum atomic E-state index is 0.00382. The second kappa shape index (κ2) is 4.29. The van der Waals surface area contributed by atoms with Gasteiger partial charge in [-0.15, -0.1) is 0 Å². The Labute approximate surface area is 100 Å². The van der Waals surface area contributed by atoms with Gasteiger partial charge < -0.3 is 11.5 Å². The zero-order valence-electron chi connectivity index (χ0n) is 9.60. The van der Waals surface area contributed by atoms with Gasteiger partial charge in [-0.2, -0.15) is 0 Å². The van der Waals surface area contributed by atoms with Crippen LogP contribution in [0.15, 0.2) is 42.5 Å². The van der Waals surface area contributed by atoms with Gasteiger partial charge in [0.1, 0.15) is 0 Å². The summed E-state index contributed by atoms with van der Waals surface area (Å²) in [5.41, 5.74) is 15.2. The largest absolute Gasteiger partial charge is 0.399 e. The van der Waals surface area contributed by atoms with Gasteiger partial charge in [-0.05, 0) is 30.7 Å². The topological polar surface area (TPSA) is 69.1 Å². The van der Waals surface area contributed by atoms with E-state index in [4.69, 9.17) is 11.5 Å². The molecule has 4 N–H and O–H groups in total. The highest BCUT2D eigenvalue weighted by Crippen LogP contribution is 2.30. The van der Waals surface area contributed by atoms with Gasteiger partial charge >= 0.3 is 0 Å². The second-order valence-electron chi connectivity index (χ2n) is 3.95. The summed E-state index contributed by atoms with van der Waals surface area (Å²) in [6.45, 7) is 1.54. The molecule has 0 aliphatic heterocycles. The van der Waals surface area contributed by atoms with E-state index in [-0.39, 0.29) is 5.78 Å². The Balaban J connectivity index is 2.65. The number of carbonyl (C=O) groups excluding carboxylic acids is 1. The lowest BCUT2D eigenvalue weighted by atomic mass is 9.95. The fraction of sp³-hybridized carbons (Fsp3) is 0.0714. The third-order valence-electron chi connectivity index (χ3n) is 2.68. The molecule has 0 bridgehead atoms. The molecule has 0 aliphatic rings. The van der Waals surface area contributed by atoms with E-state index in [2.05, 4.69) is 0 Å². The number of ketones is 1. The number of Topliss-reactive ketones (excluding diaryl/α,β-unsaturated/α-hetero) is 1. The molecule has 0 atom stereocenters. The lowest BCUT2D eigenvalue weighted by molar-refractivity contribution is 0.101. The number of nitrogen functional groups attached to an aromatic ring is 2. The van der Waals surface area contributed by atoms with E-state index in [0.717, 1.165) is 11.1 Å². The van der Waals surface area contributed by atoms with Gasteiger partial charge in [0.2, 0.25) is 0 Å². The quantitative estimate of drug-likeness (QED) is 0.611. The Kier molecular flexibility index (Phi) is 2.83. The van der Waals surface area contributed by atoms with Crippen molar-refractivity contribution < 1.29 is 4.79 Å². The van der Waals surface area contributed by atoms with E-state index >= 15 is 0 Å². The molecular weight excluding hydrogens is 212 g/mol. The Bertz CT molecular complexity index is 559. The molecule has 3 nitrogen and oxygen atoms in total. The lowest BCUT2D eigenvalue weighted by Crippen LogP contribution is -2.00. The van der Waals surface area contributed by atoms with Crippen LogP contribution in [-0.4, -0.2) is 5.78 Å². The van der Waals surface area contributed by atoms with Crippen molar-refractivity contribution in [1.29, 1.82) is 0 Å². The average molecular weight is 226 g/mol. The van der Waals surface area contributed by atoms with Crippen LogP contribution in [0.3, 0.4) is 0 Å². The molecule has 0 aliphatic carbocycles. The first-order valence-corrected chi connectivity index (χ1v) is 5.35. The van der Waals surface area contributed by atoms with Crippen molar-refractivity contribution in [3.8, 4) is 11.1 Å². The Morgan fingerprint density at radius 3 is 2.24 bits per heavy atom. The summed E-state index contributed by atoms with van der Waals surface area (Å²) in [6, 6.07) is 12.7. The van der Waals surface area contributed by atoms with Crippen LogP contribution in [0.1, 0.15) is 17.3 Å². The number of hydrogen-bond donors (Lipinski definition) is 2. The van der Waals surface area contributed by atoms with Gasteiger partial charge in [0.25, 0.3) is 0 Å². The predicted octanol–water partition coefficient (Wildman–Crippen LogP) is 2.72. The molecule has 0 aromatic heterocycles. The van der Waals surface area contributed by atoms with Crippen molar-refractivity contribution in [1.82, 2.24) is 0 Å². The standard InChI is InChI=1S/C14H14N2O/c1-9(17)12-3-2-4-13(16)14(12)10-5-7-11(15)8-6-10/h2-8H,15-16H2,1H3. The lowest BCUT2D eigenvalue weighted by Gasteiger charge is -2.10. The Morgan fingerprint density at radius 1 is 1.00 bits per heavy atom. The smallest absolute Gasteiger partial charge is 0.160 e. The first-order chi connectivity index (χ1) is 8.09. The molecule has 0 amide bonds. The first kappa shape index (κ1) is 11.2. The van der Waals surface area contributed by atoms with Crippen molar-refractivity contribution >= 4 is 17.2 Å². The molecule has 0 fully saturated rings. The van der Waals surface area contributed by atoms with Crippen LogP contribution in [0.4, 0.5) is 11.4 Å². The number of hydrogen-bond acceptors (Lipinski definition) is 3. The van der Waals surface area contributed by atoms with Crippen LogP contribution in [0, 0.1) is 0 Å². The highest BCUT2D eigenvalue weighted by molar-refractivity contribution is 6.03. The van der Waals surface area contributed by atoms with E-state index in [1.54, 1.807) is 30.3 Å². The molecule has 0 radical (unpaired) electrons. The van der Waals surface area contributed by atoms with Crippen molar-refractivity contribution in [3.63, 3.8) is 0 Å². The number of rotatable bonds is 2. The van der Waals surface area contributed by atoms with Crippen LogP contribution >= 0.6 is 0 Å². The van der Waals surface area contributed by atoms with Gasteiger partial charge in [-0.1, -0.05) is 24.3 Å². The summed E-state index contributed by atoms with van der Waals surface area (Å²) < 4.78 is 0. The summed E-state index contributed by atoms with van der Waals surface area (Å²) in [6.07, 6.45) is 0. The molecule has 0 heterocycles. The molecule has 0 saturated heterocycles. The fourth-order valence-corrected chi connectivity index (χ4v) is 1.84. The Hall–Kier alpha value is -2.29. The molecule has 3 heteroatoms. The number of carbonyl (C=O) groups is 1. The van der Waals surface area contributed by atoms with E-state index in [1.165, 1.54) is 6.92 Å². The highest BCUT2D eigenvalue weighted by atomic mass is 16.1. The number of nitrogens with two attached hydrogens (primary N) is 2. The molecule has 0 saturated carbocycles. The van der Waals surface area contributed by atoms with Crippen LogP contribution in [0.2, 0.25) is 0 Å². The molecule has 0 unspecified atom stereocenters. The van der Waals surface area contributed by atoms with Gasteiger partial charge in [0.15, 0.2) is 5.78 Å². The van der Waals surface area contributed by atoms with Crippen molar-refractivity contribution in [2.24, 2.45) is 0 Å². The summed E-state index contributed by atoms with van der Waals surface area (Å²) >= 11 is 0. The summed E-state index contributed by atoms with van der Waals surface area (Å²) in [4.78, 5) is 11.6. The molecule has 86 valence electrons. The number of benzene rings is 2. The molecule has 2 aromatic rings. The monoisotopic (exact) mass is 226 g/mol. The molecule has 2 rings (SSSR count). The maximum absolute atomic E-state index is 11.6. The average Bonchev–Trinajstić information content (AvgIpc) is 2.30. The van der Waals surface area contributed by atoms with E-state index in [1.807, 2.05) is 12.1 Å². The van der Waals surface area contributed by atoms with Crippen LogP contribution in [0.5, 0.6) is 0 Å². The minimum Gasteiger partial charge on any atom is -0.399 e. The first-order valence-electron chi connectivity index (χ1n) is 5.35. The summed E-state index contributed by atoms with van der Waals surface area (Å²) in [5, 5.41) is 0. The van der Waals surface area contributed by atoms with Crippen molar-refractivity contribution in [3.05, 3.63) is 48.0 Å². The minimum absolute atomic E-state index is 0.00382. The zero-order valence-corrected chi connectivity index (χ0v) is 9.60. The van der Waals surface area contributed by atoms with Crippen LogP contribution < -0.4 is 11.5 Å². The predicted molar refractivity (Wildman–Crippen MR) is 70.7 cm³/mol. The van der Waals surface area contributed by atoms with Gasteiger partial charge in [0.05, 0.1) is 0 Å². The highest BCUT2D eigenvalue weighted by Gasteiger charge is 2.11. The molecular formula is C14H14N2O. The van der Waals surface area contributed by atoms with Crippen molar-refractivity contribution in [2.45, 2.75) is 6.92 Å². The maximum Gasteiger partial charge on any atom is 0.160 e. The normalized spacial score (nSPS) is 10.2. The van der Waals surface area contributed by atoms with Crippen molar-refractivity contribution in [2.75, 3.05) is 11.5 Å². The molecule has 17 heavy (non-hydrogen) atoms. The third kappa shape index (κ3) is 2.13. The SMILES string of the molecule is CC(=O)c1cccc(N)c1-c1ccc(N)cc1. The molecule has 2 aromatic carbocycles.